The van der Waals surface area contributed by atoms with Crippen LogP contribution in [-0.2, 0) is 0 Å². The predicted octanol–water partition coefficient (Wildman–Crippen LogP) is 5.24. The number of nitriles is 1. The van der Waals surface area contributed by atoms with Gasteiger partial charge in [-0.2, -0.15) is 5.26 Å². The van der Waals surface area contributed by atoms with Crippen LogP contribution in [0.2, 0.25) is 10.0 Å². The summed E-state index contributed by atoms with van der Waals surface area (Å²) in [6, 6.07) is 13.5. The van der Waals surface area contributed by atoms with Gasteiger partial charge in [0.25, 0.3) is 5.91 Å². The van der Waals surface area contributed by atoms with Crippen molar-refractivity contribution in [2.75, 3.05) is 5.32 Å². The first kappa shape index (κ1) is 16.5. The summed E-state index contributed by atoms with van der Waals surface area (Å²) in [5.41, 5.74) is 2.36. The van der Waals surface area contributed by atoms with Crippen LogP contribution in [0.25, 0.3) is 11.3 Å². The van der Waals surface area contributed by atoms with E-state index in [1.54, 1.807) is 42.5 Å². The Labute approximate surface area is 152 Å². The molecule has 1 amide bonds. The van der Waals surface area contributed by atoms with Crippen molar-refractivity contribution < 1.29 is 4.79 Å². The zero-order valence-electron chi connectivity index (χ0n) is 12.1. The molecule has 0 unspecified atom stereocenters. The lowest BCUT2D eigenvalue weighted by molar-refractivity contribution is 0.102. The Hall–Kier alpha value is -2.39. The Morgan fingerprint density at radius 3 is 2.58 bits per heavy atom. The standard InChI is InChI=1S/C17H9Cl2N3OS/c18-12-5-6-13(14(19)7-12)15-9-24-17(21-15)22-16(23)11-3-1-10(8-20)2-4-11/h1-7,9H,(H,21,22,23). The fourth-order valence-corrected chi connectivity index (χ4v) is 3.23. The Morgan fingerprint density at radius 2 is 1.92 bits per heavy atom. The maximum atomic E-state index is 12.2. The van der Waals surface area contributed by atoms with Gasteiger partial charge >= 0.3 is 0 Å². The molecule has 0 aliphatic carbocycles. The van der Waals surface area contributed by atoms with Gasteiger partial charge in [0.2, 0.25) is 0 Å². The zero-order valence-corrected chi connectivity index (χ0v) is 14.4. The van der Waals surface area contributed by atoms with Crippen molar-refractivity contribution in [3.05, 3.63) is 69.0 Å². The predicted molar refractivity (Wildman–Crippen MR) is 96.7 cm³/mol. The smallest absolute Gasteiger partial charge is 0.257 e. The van der Waals surface area contributed by atoms with Crippen molar-refractivity contribution in [2.24, 2.45) is 0 Å². The average molecular weight is 374 g/mol. The Kier molecular flexibility index (Phi) is 4.81. The third-order valence-corrected chi connectivity index (χ3v) is 4.51. The number of carbonyl (C=O) groups excluding carboxylic acids is 1. The van der Waals surface area contributed by atoms with Gasteiger partial charge in [-0.05, 0) is 42.5 Å². The van der Waals surface area contributed by atoms with E-state index in [-0.39, 0.29) is 5.91 Å². The number of hydrogen-bond donors (Lipinski definition) is 1. The third kappa shape index (κ3) is 3.57. The molecule has 1 aromatic heterocycles. The summed E-state index contributed by atoms with van der Waals surface area (Å²) in [5.74, 6) is -0.289. The second-order valence-corrected chi connectivity index (χ2v) is 6.51. The van der Waals surface area contributed by atoms with Crippen LogP contribution in [0.4, 0.5) is 5.13 Å². The average Bonchev–Trinajstić information content (AvgIpc) is 3.03. The molecule has 0 radical (unpaired) electrons. The highest BCUT2D eigenvalue weighted by atomic mass is 35.5. The van der Waals surface area contributed by atoms with Gasteiger partial charge < -0.3 is 0 Å². The van der Waals surface area contributed by atoms with Crippen molar-refractivity contribution in [3.63, 3.8) is 0 Å². The molecule has 2 aromatic carbocycles. The summed E-state index contributed by atoms with van der Waals surface area (Å²) < 4.78 is 0. The molecule has 0 saturated heterocycles. The quantitative estimate of drug-likeness (QED) is 0.682. The first-order valence-electron chi connectivity index (χ1n) is 6.79. The van der Waals surface area contributed by atoms with Crippen LogP contribution in [-0.4, -0.2) is 10.9 Å². The van der Waals surface area contributed by atoms with Gasteiger partial charge in [0.15, 0.2) is 5.13 Å². The number of thiazole rings is 1. The number of nitrogens with zero attached hydrogens (tertiary/aromatic N) is 2. The Balaban J connectivity index is 1.78. The number of nitrogens with one attached hydrogen (secondary N) is 1. The summed E-state index contributed by atoms with van der Waals surface area (Å²) in [7, 11) is 0. The van der Waals surface area contributed by atoms with Gasteiger partial charge in [-0.15, -0.1) is 11.3 Å². The molecular formula is C17H9Cl2N3OS. The molecule has 0 saturated carbocycles. The van der Waals surface area contributed by atoms with E-state index in [4.69, 9.17) is 28.5 Å². The number of benzene rings is 2. The van der Waals surface area contributed by atoms with Crippen molar-refractivity contribution >= 4 is 45.6 Å². The summed E-state index contributed by atoms with van der Waals surface area (Å²) in [6.07, 6.45) is 0. The first-order valence-corrected chi connectivity index (χ1v) is 8.43. The van der Waals surface area contributed by atoms with E-state index in [1.165, 1.54) is 11.3 Å². The lowest BCUT2D eigenvalue weighted by atomic mass is 10.1. The number of rotatable bonds is 3. The zero-order chi connectivity index (χ0) is 17.1. The Morgan fingerprint density at radius 1 is 1.17 bits per heavy atom. The number of hydrogen-bond acceptors (Lipinski definition) is 4. The molecule has 3 aromatic rings. The molecular weight excluding hydrogens is 365 g/mol. The Bertz CT molecular complexity index is 945. The van der Waals surface area contributed by atoms with E-state index in [2.05, 4.69) is 10.3 Å². The lowest BCUT2D eigenvalue weighted by Crippen LogP contribution is -2.11. The number of aromatic nitrogens is 1. The van der Waals surface area contributed by atoms with Crippen molar-refractivity contribution in [1.82, 2.24) is 4.98 Å². The van der Waals surface area contributed by atoms with Gasteiger partial charge in [-0.25, -0.2) is 4.98 Å². The molecule has 0 fully saturated rings. The number of halogens is 2. The van der Waals surface area contributed by atoms with E-state index in [9.17, 15) is 4.79 Å². The van der Waals surface area contributed by atoms with E-state index in [1.807, 2.05) is 11.4 Å². The molecule has 4 nitrogen and oxygen atoms in total. The highest BCUT2D eigenvalue weighted by Crippen LogP contribution is 2.32. The normalized spacial score (nSPS) is 10.2. The largest absolute Gasteiger partial charge is 0.298 e. The van der Waals surface area contributed by atoms with E-state index in [0.29, 0.717) is 32.0 Å². The maximum absolute atomic E-state index is 12.2. The summed E-state index contributed by atoms with van der Waals surface area (Å²) in [5, 5.41) is 14.8. The van der Waals surface area contributed by atoms with E-state index in [0.717, 1.165) is 5.56 Å². The number of carbonyl (C=O) groups is 1. The van der Waals surface area contributed by atoms with Gasteiger partial charge in [0.1, 0.15) is 0 Å². The van der Waals surface area contributed by atoms with E-state index >= 15 is 0 Å². The van der Waals surface area contributed by atoms with Crippen molar-refractivity contribution in [3.8, 4) is 17.3 Å². The molecule has 7 heteroatoms. The number of anilines is 1. The molecule has 24 heavy (non-hydrogen) atoms. The van der Waals surface area contributed by atoms with Crippen LogP contribution in [0, 0.1) is 11.3 Å². The van der Waals surface area contributed by atoms with Crippen LogP contribution < -0.4 is 5.32 Å². The molecule has 118 valence electrons. The topological polar surface area (TPSA) is 65.8 Å². The minimum absolute atomic E-state index is 0.289. The first-order chi connectivity index (χ1) is 11.6. The minimum atomic E-state index is -0.289. The molecule has 0 aliphatic heterocycles. The van der Waals surface area contributed by atoms with Gasteiger partial charge in [-0.1, -0.05) is 23.2 Å². The molecule has 3 rings (SSSR count). The molecule has 0 bridgehead atoms. The monoisotopic (exact) mass is 373 g/mol. The highest BCUT2D eigenvalue weighted by molar-refractivity contribution is 7.14. The third-order valence-electron chi connectivity index (χ3n) is 3.21. The fourth-order valence-electron chi connectivity index (χ4n) is 2.02. The minimum Gasteiger partial charge on any atom is -0.298 e. The van der Waals surface area contributed by atoms with Crippen molar-refractivity contribution in [2.45, 2.75) is 0 Å². The second-order valence-electron chi connectivity index (χ2n) is 4.81. The summed E-state index contributed by atoms with van der Waals surface area (Å²) in [6.45, 7) is 0. The SMILES string of the molecule is N#Cc1ccc(C(=O)Nc2nc(-c3ccc(Cl)cc3Cl)cs2)cc1. The molecule has 1 N–H and O–H groups in total. The molecule has 0 spiro atoms. The van der Waals surface area contributed by atoms with Crippen LogP contribution >= 0.6 is 34.5 Å². The summed E-state index contributed by atoms with van der Waals surface area (Å²) >= 11 is 13.4. The second kappa shape index (κ2) is 7.02. The molecule has 0 aliphatic rings. The fraction of sp³-hybridized carbons (Fsp3) is 0. The van der Waals surface area contributed by atoms with E-state index < -0.39 is 0 Å². The van der Waals surface area contributed by atoms with Crippen LogP contribution in [0.3, 0.4) is 0 Å². The van der Waals surface area contributed by atoms with Gasteiger partial charge in [0.05, 0.1) is 22.3 Å². The van der Waals surface area contributed by atoms with Crippen molar-refractivity contribution in [1.29, 1.82) is 5.26 Å². The van der Waals surface area contributed by atoms with Crippen LogP contribution in [0.5, 0.6) is 0 Å². The summed E-state index contributed by atoms with van der Waals surface area (Å²) in [4.78, 5) is 16.6. The lowest BCUT2D eigenvalue weighted by Gasteiger charge is -2.02. The molecule has 1 heterocycles. The van der Waals surface area contributed by atoms with Gasteiger partial charge in [-0.3, -0.25) is 10.1 Å². The highest BCUT2D eigenvalue weighted by Gasteiger charge is 2.12. The maximum Gasteiger partial charge on any atom is 0.257 e. The van der Waals surface area contributed by atoms with Crippen LogP contribution in [0.1, 0.15) is 15.9 Å². The van der Waals surface area contributed by atoms with Gasteiger partial charge in [0, 0.05) is 21.5 Å². The van der Waals surface area contributed by atoms with Crippen LogP contribution in [0.15, 0.2) is 47.8 Å². The molecule has 0 atom stereocenters. The number of amides is 1.